The lowest BCUT2D eigenvalue weighted by Gasteiger charge is -2.18. The number of fused-ring (bicyclic) bond motifs is 1. The quantitative estimate of drug-likeness (QED) is 0.217. The van der Waals surface area contributed by atoms with Crippen LogP contribution in [0.5, 0.6) is 0 Å². The highest BCUT2D eigenvalue weighted by Crippen LogP contribution is 2.34. The Morgan fingerprint density at radius 2 is 2.00 bits per heavy atom. The molecule has 0 radical (unpaired) electrons. The van der Waals surface area contributed by atoms with E-state index in [9.17, 15) is 14.7 Å². The van der Waals surface area contributed by atoms with Gasteiger partial charge in [0.25, 0.3) is 0 Å². The fourth-order valence-electron chi connectivity index (χ4n) is 4.53. The van der Waals surface area contributed by atoms with Gasteiger partial charge in [0.1, 0.15) is 18.1 Å². The molecule has 1 saturated heterocycles. The predicted molar refractivity (Wildman–Crippen MR) is 141 cm³/mol. The summed E-state index contributed by atoms with van der Waals surface area (Å²) in [4.78, 5) is 33.4. The number of benzene rings is 2. The number of carbonyl (C=O) groups is 2. The number of rotatable bonds is 7. The van der Waals surface area contributed by atoms with E-state index >= 15 is 0 Å². The minimum Gasteiger partial charge on any atom is -0.478 e. The predicted octanol–water partition coefficient (Wildman–Crippen LogP) is 5.78. The molecule has 2 aromatic heterocycles. The van der Waals surface area contributed by atoms with Crippen molar-refractivity contribution in [2.75, 3.05) is 13.2 Å². The zero-order valence-electron chi connectivity index (χ0n) is 19.9. The molecule has 1 aliphatic rings. The molecule has 1 N–H and O–H groups in total. The van der Waals surface area contributed by atoms with Gasteiger partial charge in [-0.15, -0.1) is 0 Å². The number of carboxylic acids is 1. The number of carboxylic acid groups (broad SMARTS) is 1. The van der Waals surface area contributed by atoms with Gasteiger partial charge in [-0.05, 0) is 71.4 Å². The summed E-state index contributed by atoms with van der Waals surface area (Å²) in [6.07, 6.45) is 4.74. The van der Waals surface area contributed by atoms with Gasteiger partial charge in [0, 0.05) is 29.4 Å². The molecule has 10 heteroatoms. The highest BCUT2D eigenvalue weighted by atomic mass is 79.9. The molecule has 0 spiro atoms. The number of nitrogens with zero attached hydrogens (tertiary/aromatic N) is 3. The fourth-order valence-corrected chi connectivity index (χ4v) is 5.44. The Bertz CT molecular complexity index is 1500. The van der Waals surface area contributed by atoms with Crippen LogP contribution in [0.2, 0.25) is 5.15 Å². The highest BCUT2D eigenvalue weighted by Gasteiger charge is 2.24. The van der Waals surface area contributed by atoms with E-state index in [0.717, 1.165) is 17.5 Å². The van der Waals surface area contributed by atoms with Crippen molar-refractivity contribution in [3.63, 3.8) is 0 Å². The lowest BCUT2D eigenvalue weighted by Crippen LogP contribution is -2.14. The Morgan fingerprint density at radius 1 is 1.22 bits per heavy atom. The second-order valence-corrected chi connectivity index (χ2v) is 10.2. The molecule has 1 atom stereocenters. The van der Waals surface area contributed by atoms with Gasteiger partial charge < -0.3 is 14.6 Å². The van der Waals surface area contributed by atoms with E-state index in [1.165, 1.54) is 6.33 Å². The van der Waals surface area contributed by atoms with Crippen molar-refractivity contribution in [1.29, 1.82) is 0 Å². The molecule has 0 saturated carbocycles. The number of ether oxygens (including phenoxy) is 2. The first-order chi connectivity index (χ1) is 17.8. The van der Waals surface area contributed by atoms with Crippen LogP contribution in [0.1, 0.15) is 43.8 Å². The second-order valence-electron chi connectivity index (χ2n) is 9.03. The third-order valence-electron chi connectivity index (χ3n) is 6.46. The molecule has 0 aliphatic carbocycles. The van der Waals surface area contributed by atoms with Crippen molar-refractivity contribution in [3.05, 3.63) is 86.4 Å². The molecule has 5 rings (SSSR count). The van der Waals surface area contributed by atoms with Crippen molar-refractivity contribution in [2.45, 2.75) is 26.4 Å². The first kappa shape index (κ1) is 25.4. The summed E-state index contributed by atoms with van der Waals surface area (Å²) in [6, 6.07) is 10.4. The number of carbonyl (C=O) groups excluding carboxylic acids is 1. The lowest BCUT2D eigenvalue weighted by molar-refractivity contribution is 0.0465. The van der Waals surface area contributed by atoms with Crippen molar-refractivity contribution >= 4 is 50.5 Å². The summed E-state index contributed by atoms with van der Waals surface area (Å²) in [6.45, 7) is 3.07. The van der Waals surface area contributed by atoms with E-state index in [-0.39, 0.29) is 18.1 Å². The van der Waals surface area contributed by atoms with Gasteiger partial charge in [-0.2, -0.15) is 0 Å². The van der Waals surface area contributed by atoms with Crippen molar-refractivity contribution < 1.29 is 24.2 Å². The topological polar surface area (TPSA) is 104 Å². The molecule has 37 heavy (non-hydrogen) atoms. The zero-order chi connectivity index (χ0) is 26.1. The minimum absolute atomic E-state index is 0.0382. The second kappa shape index (κ2) is 10.6. The number of aromatic nitrogens is 3. The molecule has 1 fully saturated rings. The highest BCUT2D eigenvalue weighted by molar-refractivity contribution is 9.10. The summed E-state index contributed by atoms with van der Waals surface area (Å²) in [7, 11) is 0. The first-order valence-corrected chi connectivity index (χ1v) is 12.9. The third-order valence-corrected chi connectivity index (χ3v) is 7.35. The van der Waals surface area contributed by atoms with Gasteiger partial charge in [-0.1, -0.05) is 29.3 Å². The molecule has 3 heterocycles. The van der Waals surface area contributed by atoms with Crippen molar-refractivity contribution in [1.82, 2.24) is 14.5 Å². The number of esters is 1. The van der Waals surface area contributed by atoms with Gasteiger partial charge in [-0.3, -0.25) is 4.57 Å². The van der Waals surface area contributed by atoms with E-state index < -0.39 is 11.9 Å². The van der Waals surface area contributed by atoms with Crippen LogP contribution in [0.25, 0.3) is 16.7 Å². The number of halogens is 2. The van der Waals surface area contributed by atoms with Gasteiger partial charge in [0.15, 0.2) is 5.65 Å². The number of hydrogen-bond donors (Lipinski definition) is 1. The fraction of sp³-hybridized carbons (Fsp3) is 0.259. The average molecular weight is 585 g/mol. The molecule has 8 nitrogen and oxygen atoms in total. The molecule has 1 unspecified atom stereocenters. The zero-order valence-corrected chi connectivity index (χ0v) is 22.3. The van der Waals surface area contributed by atoms with Crippen LogP contribution in [0, 0.1) is 12.8 Å². The van der Waals surface area contributed by atoms with Crippen LogP contribution in [0.3, 0.4) is 0 Å². The van der Waals surface area contributed by atoms with Crippen LogP contribution in [0.4, 0.5) is 0 Å². The Labute approximate surface area is 226 Å². The van der Waals surface area contributed by atoms with E-state index in [1.54, 1.807) is 24.4 Å². The Kier molecular flexibility index (Phi) is 7.28. The Morgan fingerprint density at radius 3 is 2.70 bits per heavy atom. The van der Waals surface area contributed by atoms with Gasteiger partial charge >= 0.3 is 11.9 Å². The van der Waals surface area contributed by atoms with Gasteiger partial charge in [-0.25, -0.2) is 19.6 Å². The SMILES string of the molecule is Cc1ccc(C(=O)OCc2cc(CC3CCOC3)c(-n3cc(Br)c4c(Cl)ncnc43)cc2C(=O)O)cc1. The molecule has 0 amide bonds. The molecule has 190 valence electrons. The van der Waals surface area contributed by atoms with Crippen LogP contribution >= 0.6 is 27.5 Å². The van der Waals surface area contributed by atoms with E-state index in [0.29, 0.717) is 57.1 Å². The maximum absolute atomic E-state index is 12.6. The Balaban J connectivity index is 1.57. The maximum Gasteiger partial charge on any atom is 0.338 e. The van der Waals surface area contributed by atoms with Crippen LogP contribution in [-0.2, 0) is 22.5 Å². The largest absolute Gasteiger partial charge is 0.478 e. The lowest BCUT2D eigenvalue weighted by atomic mass is 9.93. The number of aromatic carboxylic acids is 1. The molecule has 2 aromatic carbocycles. The van der Waals surface area contributed by atoms with Crippen molar-refractivity contribution in [2.24, 2.45) is 5.92 Å². The molecule has 1 aliphatic heterocycles. The van der Waals surface area contributed by atoms with Crippen LogP contribution in [0.15, 0.2) is 53.4 Å². The van der Waals surface area contributed by atoms with Gasteiger partial charge in [0.05, 0.1) is 22.2 Å². The van der Waals surface area contributed by atoms with Crippen LogP contribution < -0.4 is 0 Å². The first-order valence-electron chi connectivity index (χ1n) is 11.7. The third kappa shape index (κ3) is 5.25. The molecule has 0 bridgehead atoms. The summed E-state index contributed by atoms with van der Waals surface area (Å²) in [5.74, 6) is -1.36. The normalized spacial score (nSPS) is 15.3. The smallest absolute Gasteiger partial charge is 0.338 e. The van der Waals surface area contributed by atoms with Crippen LogP contribution in [-0.4, -0.2) is 44.8 Å². The summed E-state index contributed by atoms with van der Waals surface area (Å²) in [5.41, 5.74) is 3.97. The van der Waals surface area contributed by atoms with E-state index in [4.69, 9.17) is 21.1 Å². The number of hydrogen-bond acceptors (Lipinski definition) is 6. The summed E-state index contributed by atoms with van der Waals surface area (Å²) < 4.78 is 13.6. The molecular formula is C27H23BrClN3O5. The van der Waals surface area contributed by atoms with E-state index in [1.807, 2.05) is 29.7 Å². The van der Waals surface area contributed by atoms with Crippen molar-refractivity contribution in [3.8, 4) is 5.69 Å². The summed E-state index contributed by atoms with van der Waals surface area (Å²) in [5, 5.41) is 11.0. The summed E-state index contributed by atoms with van der Waals surface area (Å²) >= 11 is 9.85. The van der Waals surface area contributed by atoms with E-state index in [2.05, 4.69) is 25.9 Å². The number of aryl methyl sites for hydroxylation is 1. The maximum atomic E-state index is 12.6. The minimum atomic E-state index is -1.12. The molecular weight excluding hydrogens is 562 g/mol. The molecule has 4 aromatic rings. The standard InChI is InChI=1S/C27H23BrClN3O5/c1-15-2-4-17(5-3-15)27(35)37-13-19-9-18(8-16-6-7-36-12-16)22(10-20(19)26(33)34)32-11-21(28)23-24(29)30-14-31-25(23)32/h2-5,9-11,14,16H,6-8,12-13H2,1H3,(H,33,34). The monoisotopic (exact) mass is 583 g/mol. The average Bonchev–Trinajstić information content (AvgIpc) is 3.51. The Hall–Kier alpha value is -3.27. The van der Waals surface area contributed by atoms with Gasteiger partial charge in [0.2, 0.25) is 0 Å².